The quantitative estimate of drug-likeness (QED) is 0.0762. The van der Waals surface area contributed by atoms with Crippen molar-refractivity contribution in [1.82, 2.24) is 0 Å². The van der Waals surface area contributed by atoms with Crippen molar-refractivity contribution in [3.05, 3.63) is 45.5 Å². The van der Waals surface area contributed by atoms with Crippen LogP contribution in [0.15, 0.2) is 34.5 Å². The van der Waals surface area contributed by atoms with Crippen LogP contribution in [0.2, 0.25) is 0 Å². The minimum absolute atomic E-state index is 0.0393. The maximum atomic E-state index is 13.3. The molecular formula is C32H43N7O6. The third-order valence-electron chi connectivity index (χ3n) is 6.88. The topological polar surface area (TPSA) is 197 Å². The minimum atomic E-state index is -0.701. The summed E-state index contributed by atoms with van der Waals surface area (Å²) in [5, 5.41) is 60.6. The molecule has 2 rings (SSSR count). The number of unbranched alkanes of at least 4 members (excludes halogenated alkanes) is 2. The maximum Gasteiger partial charge on any atom is 0.272 e. The molecule has 2 aromatic rings. The van der Waals surface area contributed by atoms with Gasteiger partial charge in [0.25, 0.3) is 5.69 Å². The van der Waals surface area contributed by atoms with Crippen LogP contribution in [0, 0.1) is 44.1 Å². The van der Waals surface area contributed by atoms with Crippen LogP contribution in [0.5, 0.6) is 5.75 Å². The standard InChI is InChI=1S/C32H43N7O6/c1-22(19-32(2,3)4)14-30(42)35-26-17-28(38(10-6-8-12-40)11-7-9-13-41)29(45-5)18-27(26)36-37-31-23(20-33)15-25(39(43)44)16-24(31)21-34/h15-18,22,40-41H,6-14,19H2,1-5H3,(H,35,42)/b37-36+. The Morgan fingerprint density at radius 2 is 1.62 bits per heavy atom. The van der Waals surface area contributed by atoms with Crippen LogP contribution in [0.1, 0.15) is 77.3 Å². The normalized spacial score (nSPS) is 11.9. The number of benzene rings is 2. The van der Waals surface area contributed by atoms with Crippen LogP contribution in [0.4, 0.5) is 28.4 Å². The summed E-state index contributed by atoms with van der Waals surface area (Å²) in [7, 11) is 1.49. The smallest absolute Gasteiger partial charge is 0.272 e. The first-order valence-electron chi connectivity index (χ1n) is 14.9. The maximum absolute atomic E-state index is 13.3. The van der Waals surface area contributed by atoms with E-state index >= 15 is 0 Å². The summed E-state index contributed by atoms with van der Waals surface area (Å²) in [5.41, 5.74) is 0.239. The van der Waals surface area contributed by atoms with Crippen molar-refractivity contribution in [2.45, 2.75) is 66.2 Å². The molecule has 0 radical (unpaired) electrons. The Morgan fingerprint density at radius 1 is 1.04 bits per heavy atom. The van der Waals surface area contributed by atoms with Gasteiger partial charge in [-0.1, -0.05) is 27.7 Å². The van der Waals surface area contributed by atoms with E-state index < -0.39 is 10.6 Å². The molecule has 0 bridgehead atoms. The van der Waals surface area contributed by atoms with Crippen molar-refractivity contribution in [3.63, 3.8) is 0 Å². The van der Waals surface area contributed by atoms with Crippen LogP contribution in [0.3, 0.4) is 0 Å². The number of nitrogens with zero attached hydrogens (tertiary/aromatic N) is 6. The van der Waals surface area contributed by atoms with Crippen molar-refractivity contribution >= 4 is 34.3 Å². The number of carbonyl (C=O) groups is 1. The number of amides is 1. The molecule has 0 saturated heterocycles. The van der Waals surface area contributed by atoms with Gasteiger partial charge in [-0.3, -0.25) is 14.9 Å². The van der Waals surface area contributed by atoms with Gasteiger partial charge < -0.3 is 25.2 Å². The summed E-state index contributed by atoms with van der Waals surface area (Å²) in [6.45, 7) is 9.61. The van der Waals surface area contributed by atoms with Gasteiger partial charge in [0, 0.05) is 50.9 Å². The highest BCUT2D eigenvalue weighted by Gasteiger charge is 2.22. The summed E-state index contributed by atoms with van der Waals surface area (Å²) in [6.07, 6.45) is 3.67. The molecule has 0 aliphatic heterocycles. The number of nitro groups is 1. The Hall–Kier alpha value is -4.59. The monoisotopic (exact) mass is 621 g/mol. The average Bonchev–Trinajstić information content (AvgIpc) is 2.98. The van der Waals surface area contributed by atoms with Crippen molar-refractivity contribution in [3.8, 4) is 17.9 Å². The fourth-order valence-electron chi connectivity index (χ4n) is 5.07. The number of aliphatic hydroxyl groups excluding tert-OH is 2. The molecule has 1 amide bonds. The molecule has 0 heterocycles. The third-order valence-corrected chi connectivity index (χ3v) is 6.88. The van der Waals surface area contributed by atoms with Crippen molar-refractivity contribution in [2.24, 2.45) is 21.6 Å². The molecule has 0 fully saturated rings. The lowest BCUT2D eigenvalue weighted by Gasteiger charge is -2.28. The Bertz CT molecular complexity index is 1390. The van der Waals surface area contributed by atoms with Gasteiger partial charge in [-0.15, -0.1) is 10.2 Å². The number of azo groups is 1. The predicted molar refractivity (Wildman–Crippen MR) is 171 cm³/mol. The number of non-ortho nitro benzene ring substituents is 1. The van der Waals surface area contributed by atoms with Gasteiger partial charge in [-0.2, -0.15) is 10.5 Å². The molecule has 1 unspecified atom stereocenters. The van der Waals surface area contributed by atoms with E-state index in [-0.39, 0.29) is 59.4 Å². The lowest BCUT2D eigenvalue weighted by molar-refractivity contribution is -0.384. The molecule has 13 heteroatoms. The molecule has 0 aliphatic rings. The highest BCUT2D eigenvalue weighted by atomic mass is 16.6. The lowest BCUT2D eigenvalue weighted by atomic mass is 9.84. The molecule has 0 aromatic heterocycles. The number of nitrogens with one attached hydrogen (secondary N) is 1. The fraction of sp³-hybridized carbons (Fsp3) is 0.531. The second-order valence-corrected chi connectivity index (χ2v) is 12.1. The molecule has 3 N–H and O–H groups in total. The Labute approximate surface area is 264 Å². The van der Waals surface area contributed by atoms with E-state index in [9.17, 15) is 35.6 Å². The van der Waals surface area contributed by atoms with Crippen LogP contribution in [-0.2, 0) is 4.79 Å². The number of nitro benzene ring substituents is 1. The Morgan fingerprint density at radius 3 is 2.09 bits per heavy atom. The highest BCUT2D eigenvalue weighted by molar-refractivity contribution is 5.95. The van der Waals surface area contributed by atoms with Crippen molar-refractivity contribution in [2.75, 3.05) is 43.6 Å². The molecule has 0 spiro atoms. The van der Waals surface area contributed by atoms with Gasteiger partial charge in [0.05, 0.1) is 34.5 Å². The van der Waals surface area contributed by atoms with E-state index in [0.717, 1.165) is 18.6 Å². The van der Waals surface area contributed by atoms with E-state index in [1.807, 2.05) is 19.1 Å². The fourth-order valence-corrected chi connectivity index (χ4v) is 5.07. The first kappa shape index (κ1) is 36.6. The Balaban J connectivity index is 2.66. The molecule has 2 aromatic carbocycles. The first-order chi connectivity index (χ1) is 21.4. The number of nitriles is 2. The summed E-state index contributed by atoms with van der Waals surface area (Å²) >= 11 is 0. The third kappa shape index (κ3) is 11.4. The summed E-state index contributed by atoms with van der Waals surface area (Å²) < 4.78 is 5.71. The number of ether oxygens (including phenoxy) is 1. The van der Waals surface area contributed by atoms with Gasteiger partial charge in [-0.05, 0) is 49.5 Å². The molecule has 0 saturated carbocycles. The zero-order chi connectivity index (χ0) is 33.6. The predicted octanol–water partition coefficient (Wildman–Crippen LogP) is 6.51. The molecular weight excluding hydrogens is 578 g/mol. The van der Waals surface area contributed by atoms with E-state index in [1.165, 1.54) is 7.11 Å². The van der Waals surface area contributed by atoms with Gasteiger partial charge in [0.2, 0.25) is 5.91 Å². The number of hydrogen-bond acceptors (Lipinski definition) is 11. The average molecular weight is 622 g/mol. The number of rotatable bonds is 17. The summed E-state index contributed by atoms with van der Waals surface area (Å²) in [4.78, 5) is 25.9. The molecule has 1 atom stereocenters. The second kappa shape index (κ2) is 17.6. The minimum Gasteiger partial charge on any atom is -0.494 e. The largest absolute Gasteiger partial charge is 0.494 e. The summed E-state index contributed by atoms with van der Waals surface area (Å²) in [5.74, 6) is 0.274. The van der Waals surface area contributed by atoms with Crippen LogP contribution in [0.25, 0.3) is 0 Å². The number of hydrogen-bond donors (Lipinski definition) is 3. The lowest BCUT2D eigenvalue weighted by Crippen LogP contribution is -2.27. The zero-order valence-corrected chi connectivity index (χ0v) is 26.7. The SMILES string of the molecule is COc1cc(/N=N/c2c(C#N)cc([N+](=O)[O-])cc2C#N)c(NC(=O)CC(C)CC(C)(C)C)cc1N(CCCCO)CCCCO. The van der Waals surface area contributed by atoms with Gasteiger partial charge in [0.15, 0.2) is 0 Å². The molecule has 45 heavy (non-hydrogen) atoms. The van der Waals surface area contributed by atoms with Crippen LogP contribution < -0.4 is 15.0 Å². The Kier molecular flexibility index (Phi) is 14.3. The number of carbonyl (C=O) groups excluding carboxylic acids is 1. The zero-order valence-electron chi connectivity index (χ0n) is 26.7. The highest BCUT2D eigenvalue weighted by Crippen LogP contribution is 2.41. The number of aliphatic hydroxyl groups is 2. The van der Waals surface area contributed by atoms with Gasteiger partial charge in [-0.25, -0.2) is 0 Å². The summed E-state index contributed by atoms with van der Waals surface area (Å²) in [6, 6.07) is 9.03. The van der Waals surface area contributed by atoms with Crippen molar-refractivity contribution < 1.29 is 24.7 Å². The van der Waals surface area contributed by atoms with E-state index in [2.05, 4.69) is 41.2 Å². The van der Waals surface area contributed by atoms with Gasteiger partial charge in [0.1, 0.15) is 29.3 Å². The van der Waals surface area contributed by atoms with E-state index in [4.69, 9.17) is 4.74 Å². The van der Waals surface area contributed by atoms with Gasteiger partial charge >= 0.3 is 0 Å². The van der Waals surface area contributed by atoms with E-state index in [0.29, 0.717) is 55.9 Å². The number of methoxy groups -OCH3 is 1. The molecule has 0 aliphatic carbocycles. The van der Waals surface area contributed by atoms with Crippen LogP contribution >= 0.6 is 0 Å². The number of anilines is 2. The molecule has 242 valence electrons. The van der Waals surface area contributed by atoms with E-state index in [1.54, 1.807) is 12.1 Å². The first-order valence-corrected chi connectivity index (χ1v) is 14.9. The second-order valence-electron chi connectivity index (χ2n) is 12.1. The van der Waals surface area contributed by atoms with Crippen LogP contribution in [-0.4, -0.2) is 54.5 Å². The molecule has 13 nitrogen and oxygen atoms in total. The van der Waals surface area contributed by atoms with Crippen molar-refractivity contribution in [1.29, 1.82) is 10.5 Å².